The van der Waals surface area contributed by atoms with Crippen LogP contribution in [0.15, 0.2) is 12.4 Å². The van der Waals surface area contributed by atoms with E-state index in [1.165, 1.54) is 0 Å². The number of hydrogen-bond donors (Lipinski definition) is 2. The van der Waals surface area contributed by atoms with Crippen LogP contribution in [0.5, 0.6) is 0 Å². The Hall–Kier alpha value is -1.73. The summed E-state index contributed by atoms with van der Waals surface area (Å²) in [4.78, 5) is 22.8. The monoisotopic (exact) mass is 362 g/mol. The van der Waals surface area contributed by atoms with Gasteiger partial charge >= 0.3 is 0 Å². The number of aliphatic hydroxyl groups excluding tert-OH is 1. The van der Waals surface area contributed by atoms with Gasteiger partial charge in [-0.2, -0.15) is 0 Å². The van der Waals surface area contributed by atoms with Gasteiger partial charge in [0.05, 0.1) is 23.4 Å². The van der Waals surface area contributed by atoms with E-state index in [-0.39, 0.29) is 29.1 Å². The van der Waals surface area contributed by atoms with Crippen molar-refractivity contribution in [3.8, 4) is 0 Å². The number of hydrogen-bond acceptors (Lipinski definition) is 6. The molecule has 0 aromatic carbocycles. The molecule has 0 unspecified atom stereocenters. The third-order valence-corrected chi connectivity index (χ3v) is 5.54. The van der Waals surface area contributed by atoms with Gasteiger partial charge in [0, 0.05) is 45.4 Å². The molecule has 2 saturated heterocycles. The Bertz CT molecular complexity index is 633. The van der Waals surface area contributed by atoms with Crippen LogP contribution in [0, 0.1) is 5.41 Å². The quantitative estimate of drug-likeness (QED) is 0.837. The Balaban J connectivity index is 1.65. The van der Waals surface area contributed by atoms with Crippen molar-refractivity contribution in [1.82, 2.24) is 14.9 Å². The van der Waals surface area contributed by atoms with E-state index in [9.17, 15) is 9.90 Å². The van der Waals surface area contributed by atoms with E-state index < -0.39 is 0 Å². The van der Waals surface area contributed by atoms with Gasteiger partial charge in [0.25, 0.3) is 5.91 Å². The van der Waals surface area contributed by atoms with E-state index in [1.54, 1.807) is 19.4 Å². The lowest BCUT2D eigenvalue weighted by atomic mass is 9.76. The van der Waals surface area contributed by atoms with Crippen LogP contribution in [0.4, 0.5) is 5.95 Å². The largest absolute Gasteiger partial charge is 0.393 e. The molecular formula is C19H30N4O3. The highest BCUT2D eigenvalue weighted by Crippen LogP contribution is 2.42. The average molecular weight is 362 g/mol. The summed E-state index contributed by atoms with van der Waals surface area (Å²) < 4.78 is 6.48. The van der Waals surface area contributed by atoms with E-state index in [4.69, 9.17) is 4.74 Å². The molecule has 0 radical (unpaired) electrons. The standard InChI is InChI=1S/C19H30N4O3/c1-18(2,3)15-9-14(24)10-19(26-15)5-7-23(8-6-19)16(25)13-11-21-17(20-4)22-12-13/h11-12,14-15,24H,5-10H2,1-4H3,(H,20,21,22)/t14-,15-/m1/s1. The second-order valence-corrected chi connectivity index (χ2v) is 8.59. The number of carbonyl (C=O) groups is 1. The zero-order valence-corrected chi connectivity index (χ0v) is 16.2. The molecule has 2 N–H and O–H groups in total. The predicted molar refractivity (Wildman–Crippen MR) is 99.0 cm³/mol. The number of amides is 1. The SMILES string of the molecule is CNc1ncc(C(=O)N2CCC3(CC2)C[C@H](O)C[C@H](C(C)(C)C)O3)cn1. The van der Waals surface area contributed by atoms with Crippen molar-refractivity contribution >= 4 is 11.9 Å². The molecule has 7 nitrogen and oxygen atoms in total. The van der Waals surface area contributed by atoms with E-state index in [0.717, 1.165) is 12.8 Å². The van der Waals surface area contributed by atoms with Crippen LogP contribution < -0.4 is 5.32 Å². The molecule has 1 aromatic rings. The molecule has 3 heterocycles. The first-order valence-corrected chi connectivity index (χ1v) is 9.37. The summed E-state index contributed by atoms with van der Waals surface area (Å²) in [5, 5.41) is 13.2. The first-order valence-electron chi connectivity index (χ1n) is 9.37. The van der Waals surface area contributed by atoms with Crippen molar-refractivity contribution in [1.29, 1.82) is 0 Å². The molecule has 144 valence electrons. The number of piperidine rings is 1. The van der Waals surface area contributed by atoms with Crippen LogP contribution in [-0.4, -0.2) is 63.8 Å². The smallest absolute Gasteiger partial charge is 0.256 e. The van der Waals surface area contributed by atoms with Crippen LogP contribution in [0.2, 0.25) is 0 Å². The molecule has 1 amide bonds. The first-order chi connectivity index (χ1) is 12.2. The Morgan fingerprint density at radius 3 is 2.46 bits per heavy atom. The number of aromatic nitrogens is 2. The highest BCUT2D eigenvalue weighted by atomic mass is 16.5. The fraction of sp³-hybridized carbons (Fsp3) is 0.737. The number of nitrogens with zero attached hydrogens (tertiary/aromatic N) is 3. The summed E-state index contributed by atoms with van der Waals surface area (Å²) in [6.45, 7) is 7.69. The molecule has 0 aliphatic carbocycles. The topological polar surface area (TPSA) is 87.6 Å². The minimum absolute atomic E-state index is 0.00620. The molecule has 26 heavy (non-hydrogen) atoms. The van der Waals surface area contributed by atoms with Crippen molar-refractivity contribution in [3.63, 3.8) is 0 Å². The lowest BCUT2D eigenvalue weighted by Gasteiger charge is -2.50. The van der Waals surface area contributed by atoms with Gasteiger partial charge in [-0.05, 0) is 18.3 Å². The Morgan fingerprint density at radius 2 is 1.92 bits per heavy atom. The summed E-state index contributed by atoms with van der Waals surface area (Å²) in [7, 11) is 1.74. The highest BCUT2D eigenvalue weighted by molar-refractivity contribution is 5.93. The summed E-state index contributed by atoms with van der Waals surface area (Å²) >= 11 is 0. The number of rotatable bonds is 2. The zero-order chi connectivity index (χ0) is 18.9. The average Bonchev–Trinajstić information content (AvgIpc) is 2.60. The molecule has 0 saturated carbocycles. The van der Waals surface area contributed by atoms with Gasteiger partial charge in [0.2, 0.25) is 5.95 Å². The number of nitrogens with one attached hydrogen (secondary N) is 1. The second kappa shape index (κ2) is 7.12. The van der Waals surface area contributed by atoms with Crippen LogP contribution >= 0.6 is 0 Å². The minimum atomic E-state index is -0.335. The van der Waals surface area contributed by atoms with E-state index in [2.05, 4.69) is 36.1 Å². The minimum Gasteiger partial charge on any atom is -0.393 e. The van der Waals surface area contributed by atoms with Gasteiger partial charge in [0.15, 0.2) is 0 Å². The van der Waals surface area contributed by atoms with Crippen molar-refractivity contribution < 1.29 is 14.6 Å². The summed E-state index contributed by atoms with van der Waals surface area (Å²) in [6.07, 6.45) is 5.65. The molecule has 7 heteroatoms. The maximum Gasteiger partial charge on any atom is 0.256 e. The lowest BCUT2D eigenvalue weighted by Crippen LogP contribution is -2.55. The zero-order valence-electron chi connectivity index (χ0n) is 16.2. The number of aliphatic hydroxyl groups is 1. The molecule has 1 aromatic heterocycles. The Labute approximate surface area is 155 Å². The third kappa shape index (κ3) is 3.99. The van der Waals surface area contributed by atoms with Crippen LogP contribution in [0.1, 0.15) is 56.8 Å². The normalized spacial score (nSPS) is 26.0. The van der Waals surface area contributed by atoms with Gasteiger partial charge in [-0.1, -0.05) is 20.8 Å². The first kappa shape index (κ1) is 19.0. The molecule has 2 atom stereocenters. The predicted octanol–water partition coefficient (Wildman–Crippen LogP) is 2.08. The molecule has 3 rings (SSSR count). The fourth-order valence-corrected chi connectivity index (χ4v) is 3.88. The van der Waals surface area contributed by atoms with E-state index >= 15 is 0 Å². The Kier molecular flexibility index (Phi) is 5.21. The third-order valence-electron chi connectivity index (χ3n) is 5.54. The number of anilines is 1. The summed E-state index contributed by atoms with van der Waals surface area (Å²) in [6, 6.07) is 0. The fourth-order valence-electron chi connectivity index (χ4n) is 3.88. The van der Waals surface area contributed by atoms with Gasteiger partial charge in [-0.15, -0.1) is 0 Å². The molecule has 2 aliphatic rings. The van der Waals surface area contributed by atoms with Crippen molar-refractivity contribution in [2.75, 3.05) is 25.5 Å². The maximum atomic E-state index is 12.7. The van der Waals surface area contributed by atoms with Crippen molar-refractivity contribution in [3.05, 3.63) is 18.0 Å². The molecule has 0 bridgehead atoms. The summed E-state index contributed by atoms with van der Waals surface area (Å²) in [5.41, 5.74) is 0.171. The van der Waals surface area contributed by atoms with Crippen LogP contribution in [0.3, 0.4) is 0 Å². The Morgan fingerprint density at radius 1 is 1.31 bits per heavy atom. The number of ether oxygens (including phenoxy) is 1. The molecule has 2 aliphatic heterocycles. The van der Waals surface area contributed by atoms with Gasteiger partial charge in [-0.25, -0.2) is 9.97 Å². The number of likely N-dealkylation sites (tertiary alicyclic amines) is 1. The molecule has 1 spiro atoms. The molecule has 2 fully saturated rings. The maximum absolute atomic E-state index is 12.7. The second-order valence-electron chi connectivity index (χ2n) is 8.59. The molecular weight excluding hydrogens is 332 g/mol. The van der Waals surface area contributed by atoms with Crippen molar-refractivity contribution in [2.24, 2.45) is 5.41 Å². The van der Waals surface area contributed by atoms with Gasteiger partial charge < -0.3 is 20.1 Å². The highest BCUT2D eigenvalue weighted by Gasteiger charge is 2.46. The van der Waals surface area contributed by atoms with Crippen LogP contribution in [-0.2, 0) is 4.74 Å². The van der Waals surface area contributed by atoms with Crippen molar-refractivity contribution in [2.45, 2.75) is 64.3 Å². The number of carbonyl (C=O) groups excluding carboxylic acids is 1. The van der Waals surface area contributed by atoms with E-state index in [0.29, 0.717) is 37.4 Å². The van der Waals surface area contributed by atoms with Gasteiger partial charge in [0.1, 0.15) is 0 Å². The lowest BCUT2D eigenvalue weighted by molar-refractivity contribution is -0.205. The summed E-state index contributed by atoms with van der Waals surface area (Å²) in [5.74, 6) is 0.447. The van der Waals surface area contributed by atoms with E-state index in [1.807, 2.05) is 4.90 Å². The van der Waals surface area contributed by atoms with Crippen LogP contribution in [0.25, 0.3) is 0 Å². The van der Waals surface area contributed by atoms with Gasteiger partial charge in [-0.3, -0.25) is 4.79 Å².